The van der Waals surface area contributed by atoms with Gasteiger partial charge in [0.1, 0.15) is 6.10 Å². The lowest BCUT2D eigenvalue weighted by molar-refractivity contribution is -0.119. The number of carbonyl (C=O) groups is 2. The van der Waals surface area contributed by atoms with Crippen LogP contribution in [0.1, 0.15) is 6.42 Å². The van der Waals surface area contributed by atoms with E-state index < -0.39 is 12.2 Å². The highest BCUT2D eigenvalue weighted by Gasteiger charge is 2.24. The molecular formula is C11H10Cl2N2O3. The maximum Gasteiger partial charge on any atom is 0.411 e. The molecule has 1 fully saturated rings. The second-order valence-corrected chi connectivity index (χ2v) is 4.60. The summed E-state index contributed by atoms with van der Waals surface area (Å²) < 4.78 is 5.05. The Kier molecular flexibility index (Phi) is 3.93. The molecule has 2 rings (SSSR count). The molecule has 18 heavy (non-hydrogen) atoms. The monoisotopic (exact) mass is 288 g/mol. The Hall–Kier alpha value is -1.46. The number of amides is 2. The summed E-state index contributed by atoms with van der Waals surface area (Å²) in [6.45, 7) is 0.341. The van der Waals surface area contributed by atoms with Gasteiger partial charge in [0.25, 0.3) is 0 Å². The van der Waals surface area contributed by atoms with Crippen LogP contribution in [-0.2, 0) is 9.53 Å². The van der Waals surface area contributed by atoms with Gasteiger partial charge in [0.2, 0.25) is 5.91 Å². The smallest absolute Gasteiger partial charge is 0.411 e. The highest BCUT2D eigenvalue weighted by atomic mass is 35.5. The molecule has 1 saturated heterocycles. The molecule has 7 heteroatoms. The lowest BCUT2D eigenvalue weighted by Gasteiger charge is -2.11. The zero-order valence-electron chi connectivity index (χ0n) is 9.20. The average molecular weight is 289 g/mol. The SMILES string of the molecule is O=C1CC(OC(=O)Nc2ccc(Cl)c(Cl)c2)CN1. The first-order valence-corrected chi connectivity index (χ1v) is 5.99. The minimum absolute atomic E-state index is 0.123. The van der Waals surface area contributed by atoms with Crippen molar-refractivity contribution in [1.82, 2.24) is 5.32 Å². The van der Waals surface area contributed by atoms with Gasteiger partial charge in [-0.05, 0) is 18.2 Å². The predicted octanol–water partition coefficient (Wildman–Crippen LogP) is 2.43. The van der Waals surface area contributed by atoms with Crippen LogP contribution in [0.5, 0.6) is 0 Å². The minimum atomic E-state index is -0.630. The molecule has 5 nitrogen and oxygen atoms in total. The fourth-order valence-electron chi connectivity index (χ4n) is 1.53. The van der Waals surface area contributed by atoms with E-state index in [0.29, 0.717) is 22.3 Å². The number of carbonyl (C=O) groups excluding carboxylic acids is 2. The van der Waals surface area contributed by atoms with Crippen molar-refractivity contribution in [3.8, 4) is 0 Å². The van der Waals surface area contributed by atoms with Crippen LogP contribution < -0.4 is 10.6 Å². The van der Waals surface area contributed by atoms with Crippen molar-refractivity contribution in [2.45, 2.75) is 12.5 Å². The Balaban J connectivity index is 1.90. The Labute approximate surface area is 113 Å². The molecule has 2 amide bonds. The number of benzene rings is 1. The molecule has 0 aliphatic carbocycles. The predicted molar refractivity (Wildman–Crippen MR) is 68.0 cm³/mol. The number of hydrogen-bond donors (Lipinski definition) is 2. The van der Waals surface area contributed by atoms with Gasteiger partial charge in [-0.25, -0.2) is 4.79 Å². The standard InChI is InChI=1S/C11H10Cl2N2O3/c12-8-2-1-6(3-9(8)13)15-11(17)18-7-4-10(16)14-5-7/h1-3,7H,4-5H2,(H,14,16)(H,15,17). The van der Waals surface area contributed by atoms with Crippen LogP contribution >= 0.6 is 23.2 Å². The van der Waals surface area contributed by atoms with Gasteiger partial charge in [-0.1, -0.05) is 23.2 Å². The van der Waals surface area contributed by atoms with Gasteiger partial charge in [-0.3, -0.25) is 10.1 Å². The molecule has 1 aliphatic rings. The fraction of sp³-hybridized carbons (Fsp3) is 0.273. The Bertz CT molecular complexity index is 493. The maximum absolute atomic E-state index is 11.5. The van der Waals surface area contributed by atoms with Crippen molar-refractivity contribution in [2.24, 2.45) is 0 Å². The molecule has 1 aromatic rings. The molecule has 1 aliphatic heterocycles. The molecule has 0 saturated carbocycles. The topological polar surface area (TPSA) is 67.4 Å². The van der Waals surface area contributed by atoms with Crippen molar-refractivity contribution >= 4 is 40.9 Å². The van der Waals surface area contributed by atoms with E-state index in [-0.39, 0.29) is 12.3 Å². The first-order chi connectivity index (χ1) is 8.54. The fourth-order valence-corrected chi connectivity index (χ4v) is 1.83. The normalized spacial score (nSPS) is 18.3. The average Bonchev–Trinajstić information content (AvgIpc) is 2.69. The number of anilines is 1. The van der Waals surface area contributed by atoms with Gasteiger partial charge < -0.3 is 10.1 Å². The Morgan fingerprint density at radius 2 is 2.17 bits per heavy atom. The second kappa shape index (κ2) is 5.46. The van der Waals surface area contributed by atoms with Crippen molar-refractivity contribution in [3.63, 3.8) is 0 Å². The van der Waals surface area contributed by atoms with Gasteiger partial charge in [-0.15, -0.1) is 0 Å². The van der Waals surface area contributed by atoms with Gasteiger partial charge >= 0.3 is 6.09 Å². The third-order valence-electron chi connectivity index (χ3n) is 2.38. The first-order valence-electron chi connectivity index (χ1n) is 5.24. The molecule has 0 spiro atoms. The van der Waals surface area contributed by atoms with E-state index in [4.69, 9.17) is 27.9 Å². The van der Waals surface area contributed by atoms with Gasteiger partial charge in [0.05, 0.1) is 23.0 Å². The molecule has 2 N–H and O–H groups in total. The Morgan fingerprint density at radius 3 is 2.78 bits per heavy atom. The summed E-state index contributed by atoms with van der Waals surface area (Å²) in [5.41, 5.74) is 0.478. The molecule has 0 radical (unpaired) electrons. The largest absolute Gasteiger partial charge is 0.444 e. The Morgan fingerprint density at radius 1 is 1.39 bits per heavy atom. The summed E-state index contributed by atoms with van der Waals surface area (Å²) in [7, 11) is 0. The highest BCUT2D eigenvalue weighted by Crippen LogP contribution is 2.25. The molecule has 1 aromatic carbocycles. The lowest BCUT2D eigenvalue weighted by Crippen LogP contribution is -2.24. The van der Waals surface area contributed by atoms with E-state index in [9.17, 15) is 9.59 Å². The van der Waals surface area contributed by atoms with Crippen molar-refractivity contribution in [1.29, 1.82) is 0 Å². The van der Waals surface area contributed by atoms with Crippen LogP contribution in [0.4, 0.5) is 10.5 Å². The summed E-state index contributed by atoms with van der Waals surface area (Å²) in [4.78, 5) is 22.4. The number of rotatable bonds is 2. The van der Waals surface area contributed by atoms with E-state index in [1.165, 1.54) is 6.07 Å². The third kappa shape index (κ3) is 3.27. The summed E-state index contributed by atoms with van der Waals surface area (Å²) >= 11 is 11.6. The molecule has 1 unspecified atom stereocenters. The molecule has 0 bridgehead atoms. The van der Waals surface area contributed by atoms with E-state index in [2.05, 4.69) is 10.6 Å². The first kappa shape index (κ1) is 13.0. The van der Waals surface area contributed by atoms with Crippen LogP contribution in [0.2, 0.25) is 10.0 Å². The zero-order valence-corrected chi connectivity index (χ0v) is 10.7. The third-order valence-corrected chi connectivity index (χ3v) is 3.12. The van der Waals surface area contributed by atoms with Crippen LogP contribution in [0.15, 0.2) is 18.2 Å². The van der Waals surface area contributed by atoms with Crippen LogP contribution in [0, 0.1) is 0 Å². The highest BCUT2D eigenvalue weighted by molar-refractivity contribution is 6.42. The van der Waals surface area contributed by atoms with Crippen molar-refractivity contribution < 1.29 is 14.3 Å². The van der Waals surface area contributed by atoms with Crippen molar-refractivity contribution in [3.05, 3.63) is 28.2 Å². The van der Waals surface area contributed by atoms with Gasteiger partial charge in [0.15, 0.2) is 0 Å². The van der Waals surface area contributed by atoms with Gasteiger partial charge in [-0.2, -0.15) is 0 Å². The number of ether oxygens (including phenoxy) is 1. The van der Waals surface area contributed by atoms with E-state index >= 15 is 0 Å². The quantitative estimate of drug-likeness (QED) is 0.878. The van der Waals surface area contributed by atoms with Crippen LogP contribution in [0.25, 0.3) is 0 Å². The summed E-state index contributed by atoms with van der Waals surface area (Å²) in [6, 6.07) is 4.69. The van der Waals surface area contributed by atoms with Crippen LogP contribution in [0.3, 0.4) is 0 Å². The lowest BCUT2D eigenvalue weighted by atomic mass is 10.3. The number of hydrogen-bond acceptors (Lipinski definition) is 3. The van der Waals surface area contributed by atoms with E-state index in [1.54, 1.807) is 12.1 Å². The number of nitrogens with one attached hydrogen (secondary N) is 2. The molecule has 96 valence electrons. The molecule has 0 aromatic heterocycles. The molecule has 1 atom stereocenters. The summed E-state index contributed by atoms with van der Waals surface area (Å²) in [6.07, 6.45) is -0.871. The van der Waals surface area contributed by atoms with Crippen LogP contribution in [-0.4, -0.2) is 24.6 Å². The second-order valence-electron chi connectivity index (χ2n) is 3.79. The van der Waals surface area contributed by atoms with Crippen molar-refractivity contribution in [2.75, 3.05) is 11.9 Å². The summed E-state index contributed by atoms with van der Waals surface area (Å²) in [5.74, 6) is -0.123. The minimum Gasteiger partial charge on any atom is -0.444 e. The van der Waals surface area contributed by atoms with E-state index in [0.717, 1.165) is 0 Å². The summed E-state index contributed by atoms with van der Waals surface area (Å²) in [5, 5.41) is 5.83. The maximum atomic E-state index is 11.5. The molecular weight excluding hydrogens is 279 g/mol. The molecule has 1 heterocycles. The zero-order chi connectivity index (χ0) is 13.1. The van der Waals surface area contributed by atoms with E-state index in [1.807, 2.05) is 0 Å². The number of halogens is 2. The van der Waals surface area contributed by atoms with Gasteiger partial charge in [0, 0.05) is 5.69 Å².